The summed E-state index contributed by atoms with van der Waals surface area (Å²) in [5.41, 5.74) is 2.78. The van der Waals surface area contributed by atoms with Crippen LogP contribution in [0.5, 0.6) is 0 Å². The highest BCUT2D eigenvalue weighted by atomic mass is 19.1. The number of likely N-dealkylation sites (N-methyl/N-ethyl adjacent to an activating group) is 1. The second-order valence-corrected chi connectivity index (χ2v) is 6.48. The first-order valence-electron chi connectivity index (χ1n) is 8.58. The summed E-state index contributed by atoms with van der Waals surface area (Å²) >= 11 is 0. The molecule has 1 heterocycles. The Labute approximate surface area is 152 Å². The Hall–Kier alpha value is -2.95. The lowest BCUT2D eigenvalue weighted by Crippen LogP contribution is -2.40. The molecule has 2 aromatic carbocycles. The number of benzene rings is 2. The van der Waals surface area contributed by atoms with Crippen LogP contribution in [0, 0.1) is 12.7 Å². The van der Waals surface area contributed by atoms with E-state index in [9.17, 15) is 9.18 Å². The van der Waals surface area contributed by atoms with E-state index < -0.39 is 0 Å². The maximum atomic E-state index is 13.5. The molecule has 1 aromatic heterocycles. The molecule has 0 fully saturated rings. The van der Waals surface area contributed by atoms with E-state index in [1.165, 1.54) is 12.1 Å². The largest absolute Gasteiger partial charge is 0.370 e. The Bertz CT molecular complexity index is 922. The summed E-state index contributed by atoms with van der Waals surface area (Å²) in [6.45, 7) is 4.35. The van der Waals surface area contributed by atoms with Gasteiger partial charge >= 0.3 is 0 Å². The summed E-state index contributed by atoms with van der Waals surface area (Å²) in [6.07, 6.45) is 0. The standard InChI is InChI=1S/C21H22FN3O/c1-14-11-19(18-10-9-16(22)12-20(18)24-14)21(26)23-13-15(2)25(3)17-7-5-4-6-8-17/h4-12,15H,13H2,1-3H3,(H,23,26). The number of nitrogens with one attached hydrogen (secondary N) is 1. The van der Waals surface area contributed by atoms with Gasteiger partial charge in [-0.2, -0.15) is 0 Å². The fourth-order valence-corrected chi connectivity index (χ4v) is 2.91. The first-order chi connectivity index (χ1) is 12.5. The van der Waals surface area contributed by atoms with Gasteiger partial charge in [0.25, 0.3) is 5.91 Å². The van der Waals surface area contributed by atoms with Crippen LogP contribution in [0.3, 0.4) is 0 Å². The minimum absolute atomic E-state index is 0.119. The summed E-state index contributed by atoms with van der Waals surface area (Å²) in [6, 6.07) is 16.2. The van der Waals surface area contributed by atoms with Crippen molar-refractivity contribution < 1.29 is 9.18 Å². The molecule has 0 spiro atoms. The zero-order valence-electron chi connectivity index (χ0n) is 15.2. The molecule has 3 rings (SSSR count). The molecular formula is C21H22FN3O. The van der Waals surface area contributed by atoms with Crippen molar-refractivity contribution in [2.45, 2.75) is 19.9 Å². The summed E-state index contributed by atoms with van der Waals surface area (Å²) in [7, 11) is 2.00. The maximum absolute atomic E-state index is 13.5. The first kappa shape index (κ1) is 17.9. The number of halogens is 1. The maximum Gasteiger partial charge on any atom is 0.252 e. The average molecular weight is 351 g/mol. The number of aromatic nitrogens is 1. The van der Waals surface area contributed by atoms with E-state index in [4.69, 9.17) is 0 Å². The van der Waals surface area contributed by atoms with E-state index in [1.807, 2.05) is 37.4 Å². The number of amides is 1. The average Bonchev–Trinajstić information content (AvgIpc) is 2.64. The Morgan fingerprint density at radius 1 is 1.19 bits per heavy atom. The topological polar surface area (TPSA) is 45.2 Å². The molecule has 4 nitrogen and oxygen atoms in total. The first-order valence-corrected chi connectivity index (χ1v) is 8.58. The van der Waals surface area contributed by atoms with Crippen molar-refractivity contribution in [2.24, 2.45) is 0 Å². The summed E-state index contributed by atoms with van der Waals surface area (Å²) in [5, 5.41) is 3.63. The molecule has 134 valence electrons. The molecular weight excluding hydrogens is 329 g/mol. The molecule has 1 atom stereocenters. The lowest BCUT2D eigenvalue weighted by molar-refractivity contribution is 0.0953. The van der Waals surface area contributed by atoms with Gasteiger partial charge in [-0.15, -0.1) is 0 Å². The molecule has 0 saturated carbocycles. The van der Waals surface area contributed by atoms with E-state index in [0.29, 0.717) is 28.7 Å². The number of para-hydroxylation sites is 1. The third-order valence-electron chi connectivity index (χ3n) is 4.53. The molecule has 5 heteroatoms. The highest BCUT2D eigenvalue weighted by Crippen LogP contribution is 2.20. The van der Waals surface area contributed by atoms with Gasteiger partial charge < -0.3 is 10.2 Å². The predicted octanol–water partition coefficient (Wildman–Crippen LogP) is 3.94. The zero-order chi connectivity index (χ0) is 18.7. The van der Waals surface area contributed by atoms with Gasteiger partial charge in [0, 0.05) is 42.5 Å². The Balaban J connectivity index is 1.75. The Morgan fingerprint density at radius 2 is 1.92 bits per heavy atom. The summed E-state index contributed by atoms with van der Waals surface area (Å²) in [5.74, 6) is -0.541. The highest BCUT2D eigenvalue weighted by Gasteiger charge is 2.15. The molecule has 1 unspecified atom stereocenters. The number of anilines is 1. The van der Waals surface area contributed by atoms with E-state index in [-0.39, 0.29) is 17.8 Å². The molecule has 0 saturated heterocycles. The molecule has 0 radical (unpaired) electrons. The molecule has 26 heavy (non-hydrogen) atoms. The number of fused-ring (bicyclic) bond motifs is 1. The number of carbonyl (C=O) groups excluding carboxylic acids is 1. The second-order valence-electron chi connectivity index (χ2n) is 6.48. The van der Waals surface area contributed by atoms with E-state index >= 15 is 0 Å². The zero-order valence-corrected chi connectivity index (χ0v) is 15.2. The van der Waals surface area contributed by atoms with Crippen molar-refractivity contribution in [3.63, 3.8) is 0 Å². The normalized spacial score (nSPS) is 12.0. The molecule has 0 aliphatic rings. The van der Waals surface area contributed by atoms with Crippen molar-refractivity contribution in [2.75, 3.05) is 18.5 Å². The van der Waals surface area contributed by atoms with Gasteiger partial charge in [0.15, 0.2) is 0 Å². The number of hydrogen-bond acceptors (Lipinski definition) is 3. The van der Waals surface area contributed by atoms with E-state index in [1.54, 1.807) is 19.1 Å². The van der Waals surface area contributed by atoms with Crippen LogP contribution in [0.25, 0.3) is 10.9 Å². The van der Waals surface area contributed by atoms with Gasteiger partial charge in [0.05, 0.1) is 11.1 Å². The van der Waals surface area contributed by atoms with Gasteiger partial charge in [-0.05, 0) is 44.2 Å². The van der Waals surface area contributed by atoms with Gasteiger partial charge in [-0.1, -0.05) is 18.2 Å². The minimum atomic E-state index is -0.361. The van der Waals surface area contributed by atoms with E-state index in [0.717, 1.165) is 5.69 Å². The fourth-order valence-electron chi connectivity index (χ4n) is 2.91. The molecule has 0 aliphatic carbocycles. The van der Waals surface area contributed by atoms with Crippen molar-refractivity contribution >= 4 is 22.5 Å². The quantitative estimate of drug-likeness (QED) is 0.757. The van der Waals surface area contributed by atoms with Crippen LogP contribution >= 0.6 is 0 Å². The number of nitrogens with zero attached hydrogens (tertiary/aromatic N) is 2. The minimum Gasteiger partial charge on any atom is -0.370 e. The highest BCUT2D eigenvalue weighted by molar-refractivity contribution is 6.06. The van der Waals surface area contributed by atoms with Gasteiger partial charge in [0.2, 0.25) is 0 Å². The third kappa shape index (κ3) is 3.82. The lowest BCUT2D eigenvalue weighted by Gasteiger charge is -2.27. The number of pyridine rings is 1. The monoisotopic (exact) mass is 351 g/mol. The Kier molecular flexibility index (Phi) is 5.16. The third-order valence-corrected chi connectivity index (χ3v) is 4.53. The number of hydrogen-bond donors (Lipinski definition) is 1. The van der Waals surface area contributed by atoms with E-state index in [2.05, 4.69) is 22.1 Å². The molecule has 1 N–H and O–H groups in total. The molecule has 1 amide bonds. The molecule has 0 bridgehead atoms. The Morgan fingerprint density at radius 3 is 2.65 bits per heavy atom. The second kappa shape index (κ2) is 7.52. The van der Waals surface area contributed by atoms with Crippen molar-refractivity contribution in [3.8, 4) is 0 Å². The predicted molar refractivity (Wildman–Crippen MR) is 103 cm³/mol. The van der Waals surface area contributed by atoms with Crippen LogP contribution in [-0.4, -0.2) is 30.5 Å². The fraction of sp³-hybridized carbons (Fsp3) is 0.238. The number of rotatable bonds is 5. The summed E-state index contributed by atoms with van der Waals surface area (Å²) in [4.78, 5) is 19.1. The van der Waals surface area contributed by atoms with Crippen molar-refractivity contribution in [1.82, 2.24) is 10.3 Å². The van der Waals surface area contributed by atoms with Crippen LogP contribution in [0.15, 0.2) is 54.6 Å². The van der Waals surface area contributed by atoms with Crippen molar-refractivity contribution in [3.05, 3.63) is 71.7 Å². The van der Waals surface area contributed by atoms with Crippen molar-refractivity contribution in [1.29, 1.82) is 0 Å². The van der Waals surface area contributed by atoms with Crippen LogP contribution in [0.2, 0.25) is 0 Å². The van der Waals surface area contributed by atoms with Crippen LogP contribution in [-0.2, 0) is 0 Å². The number of carbonyl (C=O) groups is 1. The SMILES string of the molecule is Cc1cc(C(=O)NCC(C)N(C)c2ccccc2)c2ccc(F)cc2n1. The van der Waals surface area contributed by atoms with Crippen LogP contribution in [0.4, 0.5) is 10.1 Å². The van der Waals surface area contributed by atoms with Gasteiger partial charge in [-0.3, -0.25) is 9.78 Å². The van der Waals surface area contributed by atoms with Crippen LogP contribution in [0.1, 0.15) is 23.0 Å². The van der Waals surface area contributed by atoms with Gasteiger partial charge in [-0.25, -0.2) is 4.39 Å². The lowest BCUT2D eigenvalue weighted by atomic mass is 10.1. The molecule has 0 aliphatic heterocycles. The van der Waals surface area contributed by atoms with Crippen LogP contribution < -0.4 is 10.2 Å². The number of aryl methyl sites for hydroxylation is 1. The molecule has 3 aromatic rings. The van der Waals surface area contributed by atoms with Gasteiger partial charge in [0.1, 0.15) is 5.82 Å². The smallest absolute Gasteiger partial charge is 0.252 e. The summed E-state index contributed by atoms with van der Waals surface area (Å²) < 4.78 is 13.5.